The van der Waals surface area contributed by atoms with Gasteiger partial charge in [-0.05, 0) is 84.4 Å². The van der Waals surface area contributed by atoms with Crippen molar-refractivity contribution in [2.24, 2.45) is 0 Å². The molecule has 0 saturated carbocycles. The molecule has 0 aliphatic heterocycles. The molecule has 0 atom stereocenters. The van der Waals surface area contributed by atoms with E-state index in [0.29, 0.717) is 0 Å². The van der Waals surface area contributed by atoms with E-state index in [1.165, 1.54) is 49.2 Å². The lowest BCUT2D eigenvalue weighted by molar-refractivity contribution is 0.664. The molecule has 0 aliphatic carbocycles. The van der Waals surface area contributed by atoms with Crippen molar-refractivity contribution in [1.82, 2.24) is 0 Å². The van der Waals surface area contributed by atoms with Gasteiger partial charge in [0.1, 0.15) is 22.3 Å². The van der Waals surface area contributed by atoms with Crippen LogP contribution >= 0.6 is 0 Å². The standard InChI is InChI=1S/C48H28O2/c1-2-12-30(13-3-1)44-35-17-6-8-19-37(35)45(38-20-9-7-18-36(38)44)31-24-22-29(23-25-31)39-28-40-34-16-10-11-21-42(34)49-48(40)46-41-26-32-14-4-5-15-33(32)27-43(41)50-47(39)46/h1-28H. The molecule has 50 heavy (non-hydrogen) atoms. The van der Waals surface area contributed by atoms with E-state index >= 15 is 0 Å². The highest BCUT2D eigenvalue weighted by Gasteiger charge is 2.22. The summed E-state index contributed by atoms with van der Waals surface area (Å²) < 4.78 is 13.4. The van der Waals surface area contributed by atoms with E-state index in [-0.39, 0.29) is 0 Å². The molecule has 2 heteroatoms. The van der Waals surface area contributed by atoms with Crippen molar-refractivity contribution in [3.63, 3.8) is 0 Å². The molecular weight excluding hydrogens is 609 g/mol. The molecule has 9 aromatic carbocycles. The second-order valence-electron chi connectivity index (χ2n) is 13.2. The zero-order chi connectivity index (χ0) is 32.8. The molecule has 0 amide bonds. The monoisotopic (exact) mass is 636 g/mol. The zero-order valence-electron chi connectivity index (χ0n) is 27.0. The van der Waals surface area contributed by atoms with Gasteiger partial charge in [0.2, 0.25) is 0 Å². The van der Waals surface area contributed by atoms with Crippen LogP contribution in [-0.4, -0.2) is 0 Å². The number of hydrogen-bond donors (Lipinski definition) is 0. The smallest absolute Gasteiger partial charge is 0.147 e. The van der Waals surface area contributed by atoms with Gasteiger partial charge in [0.25, 0.3) is 0 Å². The molecule has 0 aliphatic rings. The quantitative estimate of drug-likeness (QED) is 0.180. The molecule has 0 spiro atoms. The Balaban J connectivity index is 1.17. The summed E-state index contributed by atoms with van der Waals surface area (Å²) in [5, 5.41) is 11.6. The van der Waals surface area contributed by atoms with Crippen LogP contribution in [0.3, 0.4) is 0 Å². The summed E-state index contributed by atoms with van der Waals surface area (Å²) >= 11 is 0. The SMILES string of the molecule is c1ccc(-c2c3ccccc3c(-c3ccc(-c4cc5c6ccccc6oc5c5c4oc4cc6ccccc6cc45)cc3)c3ccccc23)cc1. The maximum absolute atomic E-state index is 6.78. The van der Waals surface area contributed by atoms with Gasteiger partial charge >= 0.3 is 0 Å². The molecule has 0 saturated heterocycles. The molecule has 0 unspecified atom stereocenters. The fraction of sp³-hybridized carbons (Fsp3) is 0. The van der Waals surface area contributed by atoms with Gasteiger partial charge in [-0.1, -0.05) is 146 Å². The van der Waals surface area contributed by atoms with Crippen LogP contribution in [-0.2, 0) is 0 Å². The van der Waals surface area contributed by atoms with Gasteiger partial charge in [0.15, 0.2) is 0 Å². The molecular formula is C48H28O2. The number of fused-ring (bicyclic) bond motifs is 10. The lowest BCUT2D eigenvalue weighted by Crippen LogP contribution is -1.90. The molecule has 0 bridgehead atoms. The van der Waals surface area contributed by atoms with Crippen molar-refractivity contribution in [1.29, 1.82) is 0 Å². The van der Waals surface area contributed by atoms with E-state index in [1.54, 1.807) is 0 Å². The van der Waals surface area contributed by atoms with Crippen molar-refractivity contribution in [2.75, 3.05) is 0 Å². The van der Waals surface area contributed by atoms with Gasteiger partial charge in [-0.3, -0.25) is 0 Å². The second kappa shape index (κ2) is 10.4. The van der Waals surface area contributed by atoms with E-state index in [1.807, 2.05) is 12.1 Å². The van der Waals surface area contributed by atoms with Gasteiger partial charge in [-0.2, -0.15) is 0 Å². The topological polar surface area (TPSA) is 26.3 Å². The van der Waals surface area contributed by atoms with E-state index < -0.39 is 0 Å². The third kappa shape index (κ3) is 3.90. The van der Waals surface area contributed by atoms with Crippen molar-refractivity contribution >= 4 is 76.2 Å². The Morgan fingerprint density at radius 3 is 1.46 bits per heavy atom. The van der Waals surface area contributed by atoms with Crippen LogP contribution in [0.25, 0.3) is 110 Å². The van der Waals surface area contributed by atoms with Crippen molar-refractivity contribution in [2.45, 2.75) is 0 Å². The summed E-state index contributed by atoms with van der Waals surface area (Å²) in [4.78, 5) is 0. The van der Waals surface area contributed by atoms with Gasteiger partial charge in [-0.25, -0.2) is 0 Å². The molecule has 11 rings (SSSR count). The third-order valence-corrected chi connectivity index (χ3v) is 10.4. The summed E-state index contributed by atoms with van der Waals surface area (Å²) in [6.45, 7) is 0. The van der Waals surface area contributed by atoms with E-state index in [9.17, 15) is 0 Å². The number of para-hydroxylation sites is 1. The Morgan fingerprint density at radius 1 is 0.300 bits per heavy atom. The number of benzene rings is 9. The molecule has 2 nitrogen and oxygen atoms in total. The summed E-state index contributed by atoms with van der Waals surface area (Å²) in [5.74, 6) is 0. The largest absolute Gasteiger partial charge is 0.455 e. The van der Waals surface area contributed by atoms with Crippen LogP contribution in [0.2, 0.25) is 0 Å². The minimum absolute atomic E-state index is 0.845. The summed E-state index contributed by atoms with van der Waals surface area (Å²) in [5.41, 5.74) is 10.5. The van der Waals surface area contributed by atoms with Gasteiger partial charge in [0, 0.05) is 21.7 Å². The van der Waals surface area contributed by atoms with Crippen LogP contribution < -0.4 is 0 Å². The highest BCUT2D eigenvalue weighted by molar-refractivity contribution is 6.26. The lowest BCUT2D eigenvalue weighted by Gasteiger charge is -2.18. The fourth-order valence-electron chi connectivity index (χ4n) is 8.19. The normalized spacial score (nSPS) is 12.0. The van der Waals surface area contributed by atoms with Crippen molar-refractivity contribution in [3.05, 3.63) is 170 Å². The summed E-state index contributed by atoms with van der Waals surface area (Å²) in [7, 11) is 0. The van der Waals surface area contributed by atoms with E-state index in [2.05, 4.69) is 158 Å². The first-order valence-electron chi connectivity index (χ1n) is 17.1. The predicted octanol–water partition coefficient (Wildman–Crippen LogP) is 13.9. The molecule has 11 aromatic rings. The first-order valence-corrected chi connectivity index (χ1v) is 17.1. The van der Waals surface area contributed by atoms with Gasteiger partial charge in [-0.15, -0.1) is 0 Å². The van der Waals surface area contributed by atoms with Gasteiger partial charge in [0.05, 0.1) is 5.39 Å². The highest BCUT2D eigenvalue weighted by atomic mass is 16.3. The molecule has 232 valence electrons. The van der Waals surface area contributed by atoms with Crippen LogP contribution in [0, 0.1) is 0 Å². The Bertz CT molecular complexity index is 3070. The average molecular weight is 637 g/mol. The molecule has 2 aromatic heterocycles. The molecule has 0 radical (unpaired) electrons. The van der Waals surface area contributed by atoms with Crippen LogP contribution in [0.15, 0.2) is 179 Å². The number of rotatable bonds is 3. The number of hydrogen-bond acceptors (Lipinski definition) is 2. The Morgan fingerprint density at radius 2 is 0.800 bits per heavy atom. The average Bonchev–Trinajstić information content (AvgIpc) is 3.74. The maximum atomic E-state index is 6.78. The maximum Gasteiger partial charge on any atom is 0.147 e. The predicted molar refractivity (Wildman–Crippen MR) is 210 cm³/mol. The first kappa shape index (κ1) is 27.3. The van der Waals surface area contributed by atoms with Crippen molar-refractivity contribution in [3.8, 4) is 33.4 Å². The van der Waals surface area contributed by atoms with Crippen LogP contribution in [0.4, 0.5) is 0 Å². The van der Waals surface area contributed by atoms with Crippen LogP contribution in [0.1, 0.15) is 0 Å². The fourth-order valence-corrected chi connectivity index (χ4v) is 8.19. The highest BCUT2D eigenvalue weighted by Crippen LogP contribution is 2.47. The Labute approximate surface area is 287 Å². The first-order chi connectivity index (χ1) is 24.8. The van der Waals surface area contributed by atoms with E-state index in [4.69, 9.17) is 8.83 Å². The summed E-state index contributed by atoms with van der Waals surface area (Å²) in [6, 6.07) is 60.8. The number of furan rings is 2. The van der Waals surface area contributed by atoms with Crippen molar-refractivity contribution < 1.29 is 8.83 Å². The van der Waals surface area contributed by atoms with E-state index in [0.717, 1.165) is 60.4 Å². The molecule has 0 N–H and O–H groups in total. The Hall–Kier alpha value is -6.64. The second-order valence-corrected chi connectivity index (χ2v) is 13.2. The summed E-state index contributed by atoms with van der Waals surface area (Å²) in [6.07, 6.45) is 0. The molecule has 2 heterocycles. The Kier molecular flexibility index (Phi) is 5.70. The lowest BCUT2D eigenvalue weighted by atomic mass is 9.85. The zero-order valence-corrected chi connectivity index (χ0v) is 27.0. The minimum Gasteiger partial charge on any atom is -0.455 e. The molecule has 0 fully saturated rings. The third-order valence-electron chi connectivity index (χ3n) is 10.4. The van der Waals surface area contributed by atoms with Crippen LogP contribution in [0.5, 0.6) is 0 Å². The minimum atomic E-state index is 0.845. The van der Waals surface area contributed by atoms with Gasteiger partial charge < -0.3 is 8.83 Å².